The number of aryl methyl sites for hydroxylation is 1. The number of rotatable bonds is 3. The predicted octanol–water partition coefficient (Wildman–Crippen LogP) is 3.71. The van der Waals surface area contributed by atoms with Crippen molar-refractivity contribution >= 4 is 17.3 Å². The lowest BCUT2D eigenvalue weighted by atomic mass is 10.1. The number of halogens is 3. The molecule has 0 saturated carbocycles. The van der Waals surface area contributed by atoms with Gasteiger partial charge in [0.1, 0.15) is 23.1 Å². The Hall–Kier alpha value is -2.50. The predicted molar refractivity (Wildman–Crippen MR) is 75.0 cm³/mol. The van der Waals surface area contributed by atoms with Crippen molar-refractivity contribution in [2.24, 2.45) is 0 Å². The largest absolute Gasteiger partial charge is 0.383 e. The third kappa shape index (κ3) is 3.16. The van der Waals surface area contributed by atoms with Crippen LogP contribution in [-0.4, -0.2) is 13.0 Å². The maximum Gasteiger partial charge on any atom is 0.255 e. The number of hydrogen-bond donors (Lipinski definition) is 2. The van der Waals surface area contributed by atoms with Crippen LogP contribution in [0.4, 0.5) is 24.5 Å². The molecule has 0 spiro atoms. The molecule has 0 atom stereocenters. The van der Waals surface area contributed by atoms with Crippen LogP contribution in [0, 0.1) is 24.4 Å². The third-order valence-electron chi connectivity index (χ3n) is 2.92. The van der Waals surface area contributed by atoms with E-state index >= 15 is 0 Å². The summed E-state index contributed by atoms with van der Waals surface area (Å²) in [5, 5.41) is 4.65. The van der Waals surface area contributed by atoms with Crippen molar-refractivity contribution in [2.75, 3.05) is 17.7 Å². The average Bonchev–Trinajstić information content (AvgIpc) is 2.42. The van der Waals surface area contributed by atoms with Crippen LogP contribution in [0.15, 0.2) is 30.3 Å². The summed E-state index contributed by atoms with van der Waals surface area (Å²) in [5.41, 5.74) is 0.145. The van der Waals surface area contributed by atoms with E-state index in [1.807, 2.05) is 0 Å². The lowest BCUT2D eigenvalue weighted by molar-refractivity contribution is 0.102. The van der Waals surface area contributed by atoms with Gasteiger partial charge in [-0.05, 0) is 36.8 Å². The van der Waals surface area contributed by atoms with E-state index in [0.29, 0.717) is 0 Å². The molecule has 0 radical (unpaired) electrons. The van der Waals surface area contributed by atoms with E-state index in [1.54, 1.807) is 13.0 Å². The van der Waals surface area contributed by atoms with Gasteiger partial charge in [-0.3, -0.25) is 4.79 Å². The molecule has 2 N–H and O–H groups in total. The van der Waals surface area contributed by atoms with E-state index in [0.717, 1.165) is 17.7 Å². The second kappa shape index (κ2) is 5.87. The molecule has 6 heteroatoms. The number of hydrogen-bond acceptors (Lipinski definition) is 2. The SMILES string of the molecule is CNc1c(F)cc(C(=O)Nc2cc(C)ccc2F)cc1F. The number of benzene rings is 2. The highest BCUT2D eigenvalue weighted by molar-refractivity contribution is 6.04. The Morgan fingerprint density at radius 3 is 2.19 bits per heavy atom. The molecule has 0 heterocycles. The molecule has 1 amide bonds. The summed E-state index contributed by atoms with van der Waals surface area (Å²) in [6, 6.07) is 5.96. The number of nitrogens with one attached hydrogen (secondary N) is 2. The van der Waals surface area contributed by atoms with E-state index in [2.05, 4.69) is 10.6 Å². The number of amides is 1. The summed E-state index contributed by atoms with van der Waals surface area (Å²) >= 11 is 0. The molecule has 0 aliphatic rings. The first-order valence-corrected chi connectivity index (χ1v) is 6.16. The summed E-state index contributed by atoms with van der Waals surface area (Å²) in [4.78, 5) is 12.0. The van der Waals surface area contributed by atoms with Gasteiger partial charge in [-0.15, -0.1) is 0 Å². The van der Waals surface area contributed by atoms with Crippen LogP contribution >= 0.6 is 0 Å². The summed E-state index contributed by atoms with van der Waals surface area (Å²) < 4.78 is 40.7. The van der Waals surface area contributed by atoms with Gasteiger partial charge in [0, 0.05) is 12.6 Å². The van der Waals surface area contributed by atoms with Gasteiger partial charge in [-0.1, -0.05) is 6.07 Å². The van der Waals surface area contributed by atoms with Gasteiger partial charge < -0.3 is 10.6 Å². The Labute approximate surface area is 119 Å². The van der Waals surface area contributed by atoms with Gasteiger partial charge in [-0.2, -0.15) is 0 Å². The normalized spacial score (nSPS) is 10.3. The zero-order chi connectivity index (χ0) is 15.6. The Kier molecular flexibility index (Phi) is 4.16. The highest BCUT2D eigenvalue weighted by atomic mass is 19.1. The van der Waals surface area contributed by atoms with Crippen LogP contribution in [0.5, 0.6) is 0 Å². The van der Waals surface area contributed by atoms with Gasteiger partial charge >= 0.3 is 0 Å². The number of carbonyl (C=O) groups is 1. The van der Waals surface area contributed by atoms with Gasteiger partial charge in [-0.25, -0.2) is 13.2 Å². The molecule has 3 nitrogen and oxygen atoms in total. The minimum absolute atomic E-state index is 0.0430. The van der Waals surface area contributed by atoms with Crippen molar-refractivity contribution in [3.63, 3.8) is 0 Å². The maximum absolute atomic E-state index is 13.6. The van der Waals surface area contributed by atoms with Crippen molar-refractivity contribution in [2.45, 2.75) is 6.92 Å². The van der Waals surface area contributed by atoms with Crippen molar-refractivity contribution in [1.29, 1.82) is 0 Å². The zero-order valence-corrected chi connectivity index (χ0v) is 11.4. The van der Waals surface area contributed by atoms with E-state index in [-0.39, 0.29) is 16.9 Å². The number of carbonyl (C=O) groups excluding carboxylic acids is 1. The summed E-state index contributed by atoms with van der Waals surface area (Å²) in [7, 11) is 1.36. The fraction of sp³-hybridized carbons (Fsp3) is 0.133. The molecule has 2 rings (SSSR count). The molecule has 21 heavy (non-hydrogen) atoms. The molecule has 0 aliphatic carbocycles. The summed E-state index contributed by atoms with van der Waals surface area (Å²) in [6.45, 7) is 1.73. The minimum Gasteiger partial charge on any atom is -0.383 e. The smallest absolute Gasteiger partial charge is 0.255 e. The van der Waals surface area contributed by atoms with Crippen LogP contribution in [0.3, 0.4) is 0 Å². The van der Waals surface area contributed by atoms with Gasteiger partial charge in [0.15, 0.2) is 0 Å². The van der Waals surface area contributed by atoms with Crippen LogP contribution < -0.4 is 10.6 Å². The first-order valence-electron chi connectivity index (χ1n) is 6.16. The molecule has 2 aromatic carbocycles. The molecule has 110 valence electrons. The lowest BCUT2D eigenvalue weighted by Gasteiger charge is -2.09. The maximum atomic E-state index is 13.6. The zero-order valence-electron chi connectivity index (χ0n) is 11.4. The van der Waals surface area contributed by atoms with E-state index in [9.17, 15) is 18.0 Å². The molecular weight excluding hydrogens is 281 g/mol. The van der Waals surface area contributed by atoms with E-state index in [4.69, 9.17) is 0 Å². The van der Waals surface area contributed by atoms with Crippen LogP contribution in [0.2, 0.25) is 0 Å². The van der Waals surface area contributed by atoms with Gasteiger partial charge in [0.05, 0.1) is 5.69 Å². The Morgan fingerprint density at radius 2 is 1.62 bits per heavy atom. The Bertz CT molecular complexity index is 678. The van der Waals surface area contributed by atoms with Crippen molar-refractivity contribution in [3.8, 4) is 0 Å². The van der Waals surface area contributed by atoms with Gasteiger partial charge in [0.2, 0.25) is 0 Å². The third-order valence-corrected chi connectivity index (χ3v) is 2.92. The topological polar surface area (TPSA) is 41.1 Å². The average molecular weight is 294 g/mol. The second-order valence-corrected chi connectivity index (χ2v) is 4.50. The monoisotopic (exact) mass is 294 g/mol. The number of anilines is 2. The summed E-state index contributed by atoms with van der Waals surface area (Å²) in [6.07, 6.45) is 0. The highest BCUT2D eigenvalue weighted by Crippen LogP contribution is 2.22. The van der Waals surface area contributed by atoms with E-state index < -0.39 is 23.4 Å². The Morgan fingerprint density at radius 1 is 1.00 bits per heavy atom. The molecule has 2 aromatic rings. The fourth-order valence-corrected chi connectivity index (χ4v) is 1.87. The molecular formula is C15H13F3N2O. The van der Waals surface area contributed by atoms with Gasteiger partial charge in [0.25, 0.3) is 5.91 Å². The lowest BCUT2D eigenvalue weighted by Crippen LogP contribution is -2.14. The molecule has 0 fully saturated rings. The Balaban J connectivity index is 2.31. The summed E-state index contributed by atoms with van der Waals surface area (Å²) in [5.74, 6) is -3.21. The quantitative estimate of drug-likeness (QED) is 0.906. The van der Waals surface area contributed by atoms with Crippen LogP contribution in [-0.2, 0) is 0 Å². The second-order valence-electron chi connectivity index (χ2n) is 4.50. The van der Waals surface area contributed by atoms with Crippen molar-refractivity contribution in [3.05, 3.63) is 58.9 Å². The minimum atomic E-state index is -0.896. The van der Waals surface area contributed by atoms with Crippen molar-refractivity contribution < 1.29 is 18.0 Å². The molecule has 0 aliphatic heterocycles. The molecule has 0 unspecified atom stereocenters. The highest BCUT2D eigenvalue weighted by Gasteiger charge is 2.15. The standard InChI is InChI=1S/C15H13F3N2O/c1-8-3-4-10(16)13(5-8)20-15(21)9-6-11(17)14(19-2)12(18)7-9/h3-7,19H,1-2H3,(H,20,21). The van der Waals surface area contributed by atoms with Crippen LogP contribution in [0.25, 0.3) is 0 Å². The first-order chi connectivity index (χ1) is 9.92. The molecule has 0 aromatic heterocycles. The van der Waals surface area contributed by atoms with E-state index in [1.165, 1.54) is 19.2 Å². The molecule has 0 saturated heterocycles. The first kappa shape index (κ1) is 14.9. The van der Waals surface area contributed by atoms with Crippen molar-refractivity contribution in [1.82, 2.24) is 0 Å². The van der Waals surface area contributed by atoms with Crippen LogP contribution in [0.1, 0.15) is 15.9 Å². The fourth-order valence-electron chi connectivity index (χ4n) is 1.87. The molecule has 0 bridgehead atoms.